The van der Waals surface area contributed by atoms with Crippen molar-refractivity contribution < 1.29 is 19.1 Å². The second kappa shape index (κ2) is 10.5. The van der Waals surface area contributed by atoms with E-state index in [-0.39, 0.29) is 17.6 Å². The van der Waals surface area contributed by atoms with Crippen molar-refractivity contribution in [2.24, 2.45) is 5.92 Å². The Kier molecular flexibility index (Phi) is 7.09. The van der Waals surface area contributed by atoms with E-state index in [1.165, 1.54) is 0 Å². The van der Waals surface area contributed by atoms with Crippen molar-refractivity contribution in [1.82, 2.24) is 9.80 Å². The van der Waals surface area contributed by atoms with Gasteiger partial charge in [0.15, 0.2) is 17.3 Å². The lowest BCUT2D eigenvalue weighted by atomic mass is 9.81. The number of allylic oxidation sites excluding steroid dienone is 3. The Labute approximate surface area is 244 Å². The van der Waals surface area contributed by atoms with Crippen LogP contribution in [-0.4, -0.2) is 60.5 Å². The summed E-state index contributed by atoms with van der Waals surface area (Å²) >= 11 is 0. The molecule has 2 heterocycles. The van der Waals surface area contributed by atoms with Gasteiger partial charge in [0.25, 0.3) is 11.7 Å². The van der Waals surface area contributed by atoms with Gasteiger partial charge in [0.1, 0.15) is 0 Å². The van der Waals surface area contributed by atoms with Crippen LogP contribution in [0.25, 0.3) is 11.1 Å². The van der Waals surface area contributed by atoms with E-state index in [9.17, 15) is 9.59 Å². The number of fused-ring (bicyclic) bond motifs is 2. The molecule has 0 N–H and O–H groups in total. The molecule has 0 aromatic heterocycles. The predicted molar refractivity (Wildman–Crippen MR) is 161 cm³/mol. The van der Waals surface area contributed by atoms with Crippen LogP contribution in [0.5, 0.6) is 11.5 Å². The summed E-state index contributed by atoms with van der Waals surface area (Å²) in [6.07, 6.45) is 7.51. The van der Waals surface area contributed by atoms with Crippen molar-refractivity contribution >= 4 is 11.7 Å². The van der Waals surface area contributed by atoms with Crippen molar-refractivity contribution in [2.45, 2.75) is 78.0 Å². The highest BCUT2D eigenvalue weighted by Gasteiger charge is 2.49. The molecule has 1 saturated carbocycles. The first-order valence-corrected chi connectivity index (χ1v) is 15.1. The topological polar surface area (TPSA) is 59.1 Å². The Balaban J connectivity index is 1.39. The molecule has 216 valence electrons. The molecule has 0 bridgehead atoms. The van der Waals surface area contributed by atoms with Crippen LogP contribution < -0.4 is 9.47 Å². The molecule has 1 unspecified atom stereocenters. The van der Waals surface area contributed by atoms with Crippen LogP contribution in [0.2, 0.25) is 0 Å². The number of ketones is 1. The molecule has 2 aliphatic carbocycles. The molecule has 2 aromatic carbocycles. The highest BCUT2D eigenvalue weighted by atomic mass is 16.7. The summed E-state index contributed by atoms with van der Waals surface area (Å²) in [4.78, 5) is 31.3. The molecule has 0 spiro atoms. The lowest BCUT2D eigenvalue weighted by Crippen LogP contribution is -2.46. The summed E-state index contributed by atoms with van der Waals surface area (Å²) in [6, 6.07) is 10.8. The summed E-state index contributed by atoms with van der Waals surface area (Å²) in [5.41, 5.74) is 7.35. The number of carbonyl (C=O) groups excluding carboxylic acids is 2. The van der Waals surface area contributed by atoms with E-state index in [0.717, 1.165) is 70.4 Å². The molecule has 0 saturated heterocycles. The van der Waals surface area contributed by atoms with Gasteiger partial charge < -0.3 is 19.3 Å². The fourth-order valence-corrected chi connectivity index (χ4v) is 7.41. The Morgan fingerprint density at radius 2 is 1.63 bits per heavy atom. The van der Waals surface area contributed by atoms with Gasteiger partial charge in [0.2, 0.25) is 0 Å². The van der Waals surface area contributed by atoms with E-state index in [1.807, 2.05) is 43.9 Å². The van der Waals surface area contributed by atoms with Gasteiger partial charge in [-0.05, 0) is 83.7 Å². The van der Waals surface area contributed by atoms with Crippen molar-refractivity contribution in [3.8, 4) is 22.6 Å². The average molecular weight is 555 g/mol. The van der Waals surface area contributed by atoms with Crippen molar-refractivity contribution in [3.63, 3.8) is 0 Å². The predicted octanol–water partition coefficient (Wildman–Crippen LogP) is 6.50. The summed E-state index contributed by atoms with van der Waals surface area (Å²) < 4.78 is 13.7. The molecule has 0 radical (unpaired) electrons. The summed E-state index contributed by atoms with van der Waals surface area (Å²) in [5, 5.41) is 0. The summed E-state index contributed by atoms with van der Waals surface area (Å²) in [5.74, 6) is 1.04. The second-order valence-corrected chi connectivity index (χ2v) is 12.8. The largest absolute Gasteiger partial charge is 0.448 e. The maximum absolute atomic E-state index is 14.2. The first kappa shape index (κ1) is 27.8. The smallest absolute Gasteiger partial charge is 0.254 e. The normalized spacial score (nSPS) is 26.0. The number of carbonyl (C=O) groups is 2. The van der Waals surface area contributed by atoms with E-state index < -0.39 is 5.79 Å². The molecule has 2 aromatic rings. The molecule has 6 rings (SSSR count). The number of hydrogen-bond donors (Lipinski definition) is 0. The number of Topliss-reactive ketones (excluding diaryl/α,β-unsaturated/α-hetero) is 1. The standard InChI is InChI=1S/C35H42N2O4/c1-21-18-22(2)28(29(38)19-21)20-37-17-16-27-30(34(37)39)23(3)32-33(31(27)24-10-8-7-9-11-24)41-35(4,40-32)25-12-14-26(15-13-25)36(5)6/h7-11,18,25-26H,12-17,19-20H2,1-6H3. The average Bonchev–Trinajstić information content (AvgIpc) is 3.31. The lowest BCUT2D eigenvalue weighted by molar-refractivity contribution is -0.123. The van der Waals surface area contributed by atoms with Crippen LogP contribution in [0.1, 0.15) is 74.4 Å². The zero-order valence-corrected chi connectivity index (χ0v) is 25.3. The summed E-state index contributed by atoms with van der Waals surface area (Å²) in [7, 11) is 4.32. The molecular weight excluding hydrogens is 512 g/mol. The molecule has 1 amide bonds. The molecule has 6 heteroatoms. The van der Waals surface area contributed by atoms with Crippen LogP contribution >= 0.6 is 0 Å². The minimum absolute atomic E-state index is 0.0354. The van der Waals surface area contributed by atoms with Crippen molar-refractivity contribution in [1.29, 1.82) is 0 Å². The van der Waals surface area contributed by atoms with Gasteiger partial charge in [-0.25, -0.2) is 0 Å². The number of amides is 1. The van der Waals surface area contributed by atoms with E-state index in [2.05, 4.69) is 44.1 Å². The third-order valence-electron chi connectivity index (χ3n) is 9.79. The molecule has 1 atom stereocenters. The number of nitrogens with zero attached hydrogens (tertiary/aromatic N) is 2. The second-order valence-electron chi connectivity index (χ2n) is 12.8. The van der Waals surface area contributed by atoms with E-state index >= 15 is 0 Å². The highest BCUT2D eigenvalue weighted by Crippen LogP contribution is 2.55. The molecule has 2 aliphatic heterocycles. The maximum atomic E-state index is 14.2. The van der Waals surface area contributed by atoms with Gasteiger partial charge in [-0.2, -0.15) is 0 Å². The quantitative estimate of drug-likeness (QED) is 0.422. The van der Waals surface area contributed by atoms with Gasteiger partial charge in [0.05, 0.1) is 5.56 Å². The van der Waals surface area contributed by atoms with Crippen LogP contribution in [0.3, 0.4) is 0 Å². The number of rotatable bonds is 5. The van der Waals surface area contributed by atoms with Crippen LogP contribution in [0.4, 0.5) is 0 Å². The zero-order chi connectivity index (χ0) is 29.1. The Bertz CT molecular complexity index is 1460. The number of ether oxygens (including phenoxy) is 2. The molecule has 4 aliphatic rings. The maximum Gasteiger partial charge on any atom is 0.254 e. The molecule has 41 heavy (non-hydrogen) atoms. The van der Waals surface area contributed by atoms with Crippen molar-refractivity contribution in [3.05, 3.63) is 69.8 Å². The zero-order valence-electron chi connectivity index (χ0n) is 25.3. The fourth-order valence-electron chi connectivity index (χ4n) is 7.41. The Morgan fingerprint density at radius 3 is 2.29 bits per heavy atom. The van der Waals surface area contributed by atoms with Gasteiger partial charge >= 0.3 is 0 Å². The van der Waals surface area contributed by atoms with E-state index in [4.69, 9.17) is 9.47 Å². The highest BCUT2D eigenvalue weighted by molar-refractivity contribution is 6.04. The molecule has 1 fully saturated rings. The Hall–Kier alpha value is -3.38. The molecule has 6 nitrogen and oxygen atoms in total. The van der Waals surface area contributed by atoms with Crippen LogP contribution in [-0.2, 0) is 11.2 Å². The lowest BCUT2D eigenvalue weighted by Gasteiger charge is -2.39. The summed E-state index contributed by atoms with van der Waals surface area (Å²) in [6.45, 7) is 8.93. The van der Waals surface area contributed by atoms with Gasteiger partial charge in [-0.3, -0.25) is 9.59 Å². The van der Waals surface area contributed by atoms with Crippen LogP contribution in [0, 0.1) is 12.8 Å². The van der Waals surface area contributed by atoms with E-state index in [1.54, 1.807) is 0 Å². The van der Waals surface area contributed by atoms with Crippen LogP contribution in [0.15, 0.2) is 53.1 Å². The monoisotopic (exact) mass is 554 g/mol. The van der Waals surface area contributed by atoms with Crippen molar-refractivity contribution in [2.75, 3.05) is 27.2 Å². The van der Waals surface area contributed by atoms with Gasteiger partial charge in [-0.1, -0.05) is 42.0 Å². The fraction of sp³-hybridized carbons (Fsp3) is 0.486. The third kappa shape index (κ3) is 4.80. The third-order valence-corrected chi connectivity index (χ3v) is 9.79. The van der Waals surface area contributed by atoms with Gasteiger partial charge in [-0.15, -0.1) is 0 Å². The number of hydrogen-bond acceptors (Lipinski definition) is 5. The first-order chi connectivity index (χ1) is 19.6. The van der Waals surface area contributed by atoms with Gasteiger partial charge in [0, 0.05) is 55.1 Å². The minimum atomic E-state index is -0.777. The first-order valence-electron chi connectivity index (χ1n) is 15.1. The minimum Gasteiger partial charge on any atom is -0.448 e. The Morgan fingerprint density at radius 1 is 0.951 bits per heavy atom. The molecular formula is C35H42N2O4. The SMILES string of the molecule is CC1=CC(C)=C(CN2CCc3c(c(C)c4c(c3-c3ccccc3)OC(C)(C3CCC(N(C)C)CC3)O4)C2=O)C(=O)C1. The number of benzene rings is 2. The van der Waals surface area contributed by atoms with E-state index in [0.29, 0.717) is 43.3 Å².